The molecule has 2 aromatic rings. The number of primary amides is 1. The molecule has 0 radical (unpaired) electrons. The van der Waals surface area contributed by atoms with Crippen LogP contribution in [0.15, 0.2) is 53.4 Å². The molecule has 0 aliphatic carbocycles. The fraction of sp³-hybridized carbons (Fsp3) is 0.167. The van der Waals surface area contributed by atoms with Crippen LogP contribution in [0.5, 0.6) is 0 Å². The Morgan fingerprint density at radius 1 is 1.06 bits per heavy atom. The molecule has 31 heavy (non-hydrogen) atoms. The fourth-order valence-corrected chi connectivity index (χ4v) is 3.30. The lowest BCUT2D eigenvalue weighted by molar-refractivity contribution is -0.137. The maximum atomic E-state index is 12.8. The first-order valence-electron chi connectivity index (χ1n) is 8.41. The van der Waals surface area contributed by atoms with Crippen LogP contribution in [0.3, 0.4) is 0 Å². The second-order valence-electron chi connectivity index (χ2n) is 6.11. The maximum Gasteiger partial charge on any atom is 0.416 e. The molecule has 0 aromatic heterocycles. The number of sulfonamides is 1. The quantitative estimate of drug-likeness (QED) is 0.565. The van der Waals surface area contributed by atoms with E-state index in [-0.39, 0.29) is 16.1 Å². The van der Waals surface area contributed by atoms with Crippen molar-refractivity contribution in [3.8, 4) is 0 Å². The standard InChI is InChI=1S/C18H16F3N3O6S/c1-10(15(25)23-17(22)27)30-16(26)11-5-7-14(8-6-11)31(28,29)24-13-4-2-3-12(9-13)18(19,20)21/h2-10,24H,1H3,(H3,22,23,25,27). The summed E-state index contributed by atoms with van der Waals surface area (Å²) in [6, 6.07) is 6.73. The van der Waals surface area contributed by atoms with Crippen LogP contribution >= 0.6 is 0 Å². The number of urea groups is 1. The van der Waals surface area contributed by atoms with Crippen molar-refractivity contribution < 1.29 is 40.7 Å². The molecule has 9 nitrogen and oxygen atoms in total. The van der Waals surface area contributed by atoms with Crippen molar-refractivity contribution in [2.24, 2.45) is 5.73 Å². The van der Waals surface area contributed by atoms with Crippen LogP contribution < -0.4 is 15.8 Å². The van der Waals surface area contributed by atoms with Crippen molar-refractivity contribution in [2.75, 3.05) is 4.72 Å². The van der Waals surface area contributed by atoms with Crippen molar-refractivity contribution in [1.29, 1.82) is 0 Å². The van der Waals surface area contributed by atoms with Crippen LogP contribution in [0, 0.1) is 0 Å². The Hall–Kier alpha value is -3.61. The third kappa shape index (κ3) is 6.44. The van der Waals surface area contributed by atoms with E-state index in [2.05, 4.69) is 0 Å². The van der Waals surface area contributed by atoms with Crippen molar-refractivity contribution in [1.82, 2.24) is 5.32 Å². The smallest absolute Gasteiger partial charge is 0.416 e. The average molecular weight is 459 g/mol. The van der Waals surface area contributed by atoms with Crippen LogP contribution in [-0.2, 0) is 25.7 Å². The Morgan fingerprint density at radius 2 is 1.68 bits per heavy atom. The van der Waals surface area contributed by atoms with Crippen LogP contribution in [0.25, 0.3) is 0 Å². The van der Waals surface area contributed by atoms with E-state index in [4.69, 9.17) is 10.5 Å². The normalized spacial score (nSPS) is 12.5. The van der Waals surface area contributed by atoms with Gasteiger partial charge in [0.25, 0.3) is 15.9 Å². The second kappa shape index (κ2) is 9.04. The van der Waals surface area contributed by atoms with E-state index in [0.29, 0.717) is 6.07 Å². The molecule has 3 amide bonds. The number of esters is 1. The van der Waals surface area contributed by atoms with Crippen LogP contribution in [0.1, 0.15) is 22.8 Å². The third-order valence-electron chi connectivity index (χ3n) is 3.74. The Bertz CT molecular complexity index is 1100. The number of ether oxygens (including phenoxy) is 1. The van der Waals surface area contributed by atoms with E-state index in [1.54, 1.807) is 5.32 Å². The van der Waals surface area contributed by atoms with Crippen molar-refractivity contribution >= 4 is 33.6 Å². The van der Waals surface area contributed by atoms with Gasteiger partial charge in [-0.15, -0.1) is 0 Å². The summed E-state index contributed by atoms with van der Waals surface area (Å²) in [5.74, 6) is -1.94. The molecule has 2 rings (SSSR count). The summed E-state index contributed by atoms with van der Waals surface area (Å²) in [5, 5.41) is 1.73. The summed E-state index contributed by atoms with van der Waals surface area (Å²) in [6.07, 6.45) is -6.00. The highest BCUT2D eigenvalue weighted by Crippen LogP contribution is 2.31. The van der Waals surface area contributed by atoms with Gasteiger partial charge in [-0.3, -0.25) is 14.8 Å². The molecule has 1 unspecified atom stereocenters. The minimum absolute atomic E-state index is 0.114. The number of hydrogen-bond donors (Lipinski definition) is 3. The Labute approximate surface area is 174 Å². The van der Waals surface area contributed by atoms with Crippen LogP contribution in [0.4, 0.5) is 23.7 Å². The molecule has 13 heteroatoms. The molecule has 0 saturated carbocycles. The van der Waals surface area contributed by atoms with E-state index >= 15 is 0 Å². The van der Waals surface area contributed by atoms with Crippen LogP contribution in [-0.4, -0.2) is 32.4 Å². The molecule has 1 atom stereocenters. The van der Waals surface area contributed by atoms with Gasteiger partial charge in [0.15, 0.2) is 6.10 Å². The topological polar surface area (TPSA) is 145 Å². The molecular formula is C18H16F3N3O6S. The summed E-state index contributed by atoms with van der Waals surface area (Å²) < 4.78 is 70.0. The van der Waals surface area contributed by atoms with Gasteiger partial charge in [-0.25, -0.2) is 18.0 Å². The summed E-state index contributed by atoms with van der Waals surface area (Å²) in [4.78, 5) is 33.9. The Kier molecular flexibility index (Phi) is 6.90. The number of benzene rings is 2. The van der Waals surface area contributed by atoms with Gasteiger partial charge < -0.3 is 10.5 Å². The first-order valence-corrected chi connectivity index (χ1v) is 9.89. The highest BCUT2D eigenvalue weighted by Gasteiger charge is 2.30. The molecule has 4 N–H and O–H groups in total. The van der Waals surface area contributed by atoms with E-state index in [0.717, 1.165) is 42.5 Å². The molecule has 0 saturated heterocycles. The number of rotatable bonds is 6. The molecule has 0 fully saturated rings. The zero-order valence-electron chi connectivity index (χ0n) is 15.8. The van der Waals surface area contributed by atoms with Crippen molar-refractivity contribution in [2.45, 2.75) is 24.1 Å². The molecule has 0 heterocycles. The van der Waals surface area contributed by atoms with Gasteiger partial charge in [0, 0.05) is 5.69 Å². The second-order valence-corrected chi connectivity index (χ2v) is 7.79. The summed E-state index contributed by atoms with van der Waals surface area (Å²) >= 11 is 0. The number of carbonyl (C=O) groups is 3. The molecule has 0 bridgehead atoms. The monoisotopic (exact) mass is 459 g/mol. The average Bonchev–Trinajstić information content (AvgIpc) is 2.66. The van der Waals surface area contributed by atoms with Gasteiger partial charge in [-0.05, 0) is 49.4 Å². The van der Waals surface area contributed by atoms with Crippen molar-refractivity contribution in [3.05, 3.63) is 59.7 Å². The number of carbonyl (C=O) groups excluding carboxylic acids is 3. The molecule has 0 aliphatic heterocycles. The highest BCUT2D eigenvalue weighted by atomic mass is 32.2. The van der Waals surface area contributed by atoms with Gasteiger partial charge in [-0.1, -0.05) is 6.07 Å². The summed E-state index contributed by atoms with van der Waals surface area (Å²) in [5.41, 5.74) is 3.35. The lowest BCUT2D eigenvalue weighted by Gasteiger charge is -2.13. The number of nitrogens with one attached hydrogen (secondary N) is 2. The zero-order valence-corrected chi connectivity index (χ0v) is 16.6. The lowest BCUT2D eigenvalue weighted by Crippen LogP contribution is -2.42. The fourth-order valence-electron chi connectivity index (χ4n) is 2.25. The van der Waals surface area contributed by atoms with E-state index in [1.165, 1.54) is 6.92 Å². The number of nitrogens with two attached hydrogens (primary N) is 1. The molecule has 0 spiro atoms. The number of amides is 3. The molecule has 166 valence electrons. The summed E-state index contributed by atoms with van der Waals surface area (Å²) in [6.45, 7) is 1.19. The van der Waals surface area contributed by atoms with Gasteiger partial charge >= 0.3 is 18.2 Å². The van der Waals surface area contributed by atoms with Gasteiger partial charge in [-0.2, -0.15) is 13.2 Å². The largest absolute Gasteiger partial charge is 0.449 e. The number of halogens is 3. The minimum atomic E-state index is -4.64. The SMILES string of the molecule is CC(OC(=O)c1ccc(S(=O)(=O)Nc2cccc(C(F)(F)F)c2)cc1)C(=O)NC(N)=O. The predicted molar refractivity (Wildman–Crippen MR) is 101 cm³/mol. The lowest BCUT2D eigenvalue weighted by atomic mass is 10.2. The zero-order chi connectivity index (χ0) is 23.4. The van der Waals surface area contributed by atoms with Gasteiger partial charge in [0.05, 0.1) is 16.0 Å². The van der Waals surface area contributed by atoms with Crippen LogP contribution in [0.2, 0.25) is 0 Å². The number of hydrogen-bond acceptors (Lipinski definition) is 6. The van der Waals surface area contributed by atoms with Crippen molar-refractivity contribution in [3.63, 3.8) is 0 Å². The molecule has 2 aromatic carbocycles. The first-order chi connectivity index (χ1) is 14.3. The van der Waals surface area contributed by atoms with E-state index in [9.17, 15) is 36.0 Å². The Morgan fingerprint density at radius 3 is 2.23 bits per heavy atom. The summed E-state index contributed by atoms with van der Waals surface area (Å²) in [7, 11) is -4.25. The van der Waals surface area contributed by atoms with E-state index in [1.807, 2.05) is 4.72 Å². The minimum Gasteiger partial charge on any atom is -0.449 e. The maximum absolute atomic E-state index is 12.8. The Balaban J connectivity index is 2.12. The first kappa shape index (κ1) is 23.7. The van der Waals surface area contributed by atoms with Gasteiger partial charge in [0.2, 0.25) is 0 Å². The number of alkyl halides is 3. The molecular weight excluding hydrogens is 443 g/mol. The predicted octanol–water partition coefficient (Wildman–Crippen LogP) is 2.25. The molecule has 0 aliphatic rings. The number of anilines is 1. The number of imide groups is 1. The van der Waals surface area contributed by atoms with E-state index < -0.39 is 45.8 Å². The van der Waals surface area contributed by atoms with Gasteiger partial charge in [0.1, 0.15) is 0 Å². The third-order valence-corrected chi connectivity index (χ3v) is 5.14. The highest BCUT2D eigenvalue weighted by molar-refractivity contribution is 7.92.